The van der Waals surface area contributed by atoms with Crippen LogP contribution in [0.4, 0.5) is 0 Å². The van der Waals surface area contributed by atoms with Gasteiger partial charge in [-0.1, -0.05) is 19.9 Å². The molecule has 0 aliphatic carbocycles. The van der Waals surface area contributed by atoms with E-state index in [0.29, 0.717) is 5.92 Å². The zero-order valence-electron chi connectivity index (χ0n) is 10.1. The van der Waals surface area contributed by atoms with Crippen LogP contribution in [0.3, 0.4) is 0 Å². The maximum Gasteiger partial charge on any atom is 0.183 e. The van der Waals surface area contributed by atoms with E-state index in [1.165, 1.54) is 11.1 Å². The molecular formula is C13H19NO2. The predicted molar refractivity (Wildman–Crippen MR) is 64.8 cm³/mol. The van der Waals surface area contributed by atoms with Gasteiger partial charge >= 0.3 is 0 Å². The molecule has 0 unspecified atom stereocenters. The van der Waals surface area contributed by atoms with Crippen molar-refractivity contribution >= 4 is 5.78 Å². The second-order valence-corrected chi connectivity index (χ2v) is 4.20. The van der Waals surface area contributed by atoms with Crippen molar-refractivity contribution < 1.29 is 9.53 Å². The van der Waals surface area contributed by atoms with Gasteiger partial charge in [0.15, 0.2) is 5.78 Å². The molecule has 88 valence electrons. The van der Waals surface area contributed by atoms with Gasteiger partial charge in [0.2, 0.25) is 0 Å². The molecule has 0 aromatic heterocycles. The first-order chi connectivity index (χ1) is 7.54. The number of aryl methyl sites for hydroxylation is 1. The highest BCUT2D eigenvalue weighted by Crippen LogP contribution is 2.23. The van der Waals surface area contributed by atoms with Gasteiger partial charge in [-0.3, -0.25) is 4.79 Å². The smallest absolute Gasteiger partial charge is 0.183 e. The van der Waals surface area contributed by atoms with Gasteiger partial charge in [-0.15, -0.1) is 0 Å². The zero-order valence-corrected chi connectivity index (χ0v) is 10.1. The van der Waals surface area contributed by atoms with Crippen LogP contribution in [-0.4, -0.2) is 18.9 Å². The van der Waals surface area contributed by atoms with Crippen LogP contribution >= 0.6 is 0 Å². The van der Waals surface area contributed by atoms with Gasteiger partial charge in [0.1, 0.15) is 12.4 Å². The van der Waals surface area contributed by atoms with Gasteiger partial charge in [0.05, 0.1) is 6.54 Å². The first-order valence-electron chi connectivity index (χ1n) is 5.49. The molecule has 0 bridgehead atoms. The van der Waals surface area contributed by atoms with Gasteiger partial charge in [-0.25, -0.2) is 0 Å². The number of carbonyl (C=O) groups is 1. The first-order valence-corrected chi connectivity index (χ1v) is 5.49. The summed E-state index contributed by atoms with van der Waals surface area (Å²) >= 11 is 0. The summed E-state index contributed by atoms with van der Waals surface area (Å²) in [6.45, 7) is 6.44. The second-order valence-electron chi connectivity index (χ2n) is 4.20. The van der Waals surface area contributed by atoms with Crippen LogP contribution in [0, 0.1) is 6.92 Å². The quantitative estimate of drug-likeness (QED) is 0.827. The van der Waals surface area contributed by atoms with Crippen LogP contribution in [0.5, 0.6) is 5.75 Å². The van der Waals surface area contributed by atoms with E-state index in [9.17, 15) is 4.79 Å². The highest BCUT2D eigenvalue weighted by Gasteiger charge is 2.05. The lowest BCUT2D eigenvalue weighted by Gasteiger charge is -2.11. The van der Waals surface area contributed by atoms with Gasteiger partial charge in [-0.2, -0.15) is 0 Å². The highest BCUT2D eigenvalue weighted by atomic mass is 16.5. The molecule has 2 N–H and O–H groups in total. The summed E-state index contributed by atoms with van der Waals surface area (Å²) in [5.41, 5.74) is 7.69. The van der Waals surface area contributed by atoms with E-state index in [1.54, 1.807) is 0 Å². The van der Waals surface area contributed by atoms with E-state index in [0.717, 1.165) is 5.75 Å². The van der Waals surface area contributed by atoms with E-state index < -0.39 is 0 Å². The van der Waals surface area contributed by atoms with Gasteiger partial charge in [0, 0.05) is 0 Å². The normalized spacial score (nSPS) is 10.6. The largest absolute Gasteiger partial charge is 0.486 e. The maximum atomic E-state index is 11.0. The number of benzene rings is 1. The summed E-state index contributed by atoms with van der Waals surface area (Å²) in [6, 6.07) is 5.90. The van der Waals surface area contributed by atoms with E-state index in [1.807, 2.05) is 25.1 Å². The summed E-state index contributed by atoms with van der Waals surface area (Å²) in [5.74, 6) is 1.13. The Labute approximate surface area is 96.6 Å². The van der Waals surface area contributed by atoms with E-state index in [2.05, 4.69) is 13.8 Å². The molecule has 1 rings (SSSR count). The number of nitrogens with two attached hydrogens (primary N) is 1. The molecule has 1 aromatic carbocycles. The van der Waals surface area contributed by atoms with Crippen LogP contribution < -0.4 is 10.5 Å². The topological polar surface area (TPSA) is 52.3 Å². The Kier molecular flexibility index (Phi) is 4.50. The third-order valence-electron chi connectivity index (χ3n) is 2.49. The van der Waals surface area contributed by atoms with Gasteiger partial charge < -0.3 is 10.5 Å². The summed E-state index contributed by atoms with van der Waals surface area (Å²) in [5, 5.41) is 0. The molecule has 0 saturated heterocycles. The van der Waals surface area contributed by atoms with E-state index in [-0.39, 0.29) is 18.9 Å². The van der Waals surface area contributed by atoms with E-state index in [4.69, 9.17) is 10.5 Å². The molecule has 0 aliphatic heterocycles. The minimum atomic E-state index is -0.0920. The Bertz CT molecular complexity index is 372. The van der Waals surface area contributed by atoms with Crippen molar-refractivity contribution in [2.75, 3.05) is 13.2 Å². The Balaban J connectivity index is 2.70. The SMILES string of the molecule is Cc1cc(OCC(=O)CN)ccc1C(C)C. The number of Topliss-reactive ketones (excluding diaryl/α,β-unsaturated/α-hetero) is 1. The number of ketones is 1. The van der Waals surface area contributed by atoms with Crippen molar-refractivity contribution in [2.24, 2.45) is 5.73 Å². The molecule has 1 aromatic rings. The van der Waals surface area contributed by atoms with Crippen LogP contribution in [0.15, 0.2) is 18.2 Å². The molecule has 0 spiro atoms. The summed E-state index contributed by atoms with van der Waals surface area (Å²) in [6.07, 6.45) is 0. The van der Waals surface area contributed by atoms with Crippen molar-refractivity contribution in [3.05, 3.63) is 29.3 Å². The molecule has 0 radical (unpaired) electrons. The fourth-order valence-corrected chi connectivity index (χ4v) is 1.61. The number of hydrogen-bond donors (Lipinski definition) is 1. The number of carbonyl (C=O) groups excluding carboxylic acids is 1. The Morgan fingerprint density at radius 2 is 2.12 bits per heavy atom. The molecule has 0 heterocycles. The minimum absolute atomic E-state index is 0.0308. The standard InChI is InChI=1S/C13H19NO2/c1-9(2)13-5-4-12(6-10(13)3)16-8-11(15)7-14/h4-6,9H,7-8,14H2,1-3H3. The molecule has 0 saturated carbocycles. The molecule has 0 atom stereocenters. The second kappa shape index (κ2) is 5.66. The molecule has 0 aliphatic rings. The Morgan fingerprint density at radius 3 is 2.62 bits per heavy atom. The van der Waals surface area contributed by atoms with Crippen molar-refractivity contribution in [3.63, 3.8) is 0 Å². The lowest BCUT2D eigenvalue weighted by molar-refractivity contribution is -0.119. The van der Waals surface area contributed by atoms with E-state index >= 15 is 0 Å². The van der Waals surface area contributed by atoms with Crippen molar-refractivity contribution in [1.82, 2.24) is 0 Å². The number of hydrogen-bond acceptors (Lipinski definition) is 3. The third kappa shape index (κ3) is 3.35. The van der Waals surface area contributed by atoms with Crippen LogP contribution in [0.25, 0.3) is 0 Å². The molecule has 0 amide bonds. The fourth-order valence-electron chi connectivity index (χ4n) is 1.61. The monoisotopic (exact) mass is 221 g/mol. The van der Waals surface area contributed by atoms with Crippen LogP contribution in [0.1, 0.15) is 30.9 Å². The molecule has 3 nitrogen and oxygen atoms in total. The number of ether oxygens (including phenoxy) is 1. The minimum Gasteiger partial charge on any atom is -0.486 e. The summed E-state index contributed by atoms with van der Waals surface area (Å²) in [7, 11) is 0. The van der Waals surface area contributed by atoms with Crippen LogP contribution in [-0.2, 0) is 4.79 Å². The average molecular weight is 221 g/mol. The average Bonchev–Trinajstić information content (AvgIpc) is 2.25. The van der Waals surface area contributed by atoms with Gasteiger partial charge in [-0.05, 0) is 36.1 Å². The van der Waals surface area contributed by atoms with Crippen LogP contribution in [0.2, 0.25) is 0 Å². The molecule has 0 fully saturated rings. The zero-order chi connectivity index (χ0) is 12.1. The van der Waals surface area contributed by atoms with Crippen molar-refractivity contribution in [1.29, 1.82) is 0 Å². The Morgan fingerprint density at radius 1 is 1.44 bits per heavy atom. The van der Waals surface area contributed by atoms with Gasteiger partial charge in [0.25, 0.3) is 0 Å². The number of rotatable bonds is 5. The highest BCUT2D eigenvalue weighted by molar-refractivity contribution is 5.81. The summed E-state index contributed by atoms with van der Waals surface area (Å²) < 4.78 is 5.34. The van der Waals surface area contributed by atoms with Crippen molar-refractivity contribution in [3.8, 4) is 5.75 Å². The predicted octanol–water partition coefficient (Wildman–Crippen LogP) is 2.03. The third-order valence-corrected chi connectivity index (χ3v) is 2.49. The molecule has 3 heteroatoms. The fraction of sp³-hybridized carbons (Fsp3) is 0.462. The summed E-state index contributed by atoms with van der Waals surface area (Å²) in [4.78, 5) is 11.0. The lowest BCUT2D eigenvalue weighted by atomic mass is 9.98. The first kappa shape index (κ1) is 12.7. The lowest BCUT2D eigenvalue weighted by Crippen LogP contribution is -2.20. The molecular weight excluding hydrogens is 202 g/mol. The Hall–Kier alpha value is -1.35. The molecule has 16 heavy (non-hydrogen) atoms. The maximum absolute atomic E-state index is 11.0. The van der Waals surface area contributed by atoms with Crippen molar-refractivity contribution in [2.45, 2.75) is 26.7 Å².